The summed E-state index contributed by atoms with van der Waals surface area (Å²) in [6.07, 6.45) is 10.6. The molecule has 1 heterocycles. The number of likely N-dealkylation sites (tertiary alicyclic amines) is 1. The van der Waals surface area contributed by atoms with Crippen LogP contribution in [0.4, 0.5) is 0 Å². The van der Waals surface area contributed by atoms with Crippen LogP contribution >= 0.6 is 7.60 Å². The van der Waals surface area contributed by atoms with Gasteiger partial charge in [0.15, 0.2) is 0 Å². The molecule has 1 aliphatic heterocycles. The van der Waals surface area contributed by atoms with E-state index < -0.39 is 13.3 Å². The SMILES string of the molecule is CCCCCCCCC.Cc1cccc(CN2CCC(P(=O)(O)O)C2)c1. The summed E-state index contributed by atoms with van der Waals surface area (Å²) < 4.78 is 11.2. The predicted octanol–water partition coefficient (Wildman–Crippen LogP) is 5.50. The molecule has 1 aliphatic rings. The highest BCUT2D eigenvalue weighted by atomic mass is 31.2. The van der Waals surface area contributed by atoms with Crippen LogP contribution in [0.15, 0.2) is 24.3 Å². The van der Waals surface area contributed by atoms with Crippen molar-refractivity contribution in [3.8, 4) is 0 Å². The van der Waals surface area contributed by atoms with Crippen LogP contribution < -0.4 is 0 Å². The van der Waals surface area contributed by atoms with E-state index in [1.165, 1.54) is 56.1 Å². The summed E-state index contributed by atoms with van der Waals surface area (Å²) >= 11 is 0. The Kier molecular flexibility index (Phi) is 11.4. The molecule has 0 aliphatic carbocycles. The van der Waals surface area contributed by atoms with Crippen molar-refractivity contribution < 1.29 is 14.4 Å². The maximum atomic E-state index is 11.2. The summed E-state index contributed by atoms with van der Waals surface area (Å²) in [5.41, 5.74) is 1.94. The summed E-state index contributed by atoms with van der Waals surface area (Å²) in [5.74, 6) is 0. The molecule has 0 radical (unpaired) electrons. The van der Waals surface area contributed by atoms with Gasteiger partial charge in [-0.05, 0) is 25.5 Å². The zero-order valence-corrected chi connectivity index (χ0v) is 17.8. The fraction of sp³-hybridized carbons (Fsp3) is 0.714. The summed E-state index contributed by atoms with van der Waals surface area (Å²) in [4.78, 5) is 20.4. The normalized spacial score (nSPS) is 17.8. The number of nitrogens with zero attached hydrogens (tertiary/aromatic N) is 1. The highest BCUT2D eigenvalue weighted by molar-refractivity contribution is 7.52. The molecule has 1 saturated heterocycles. The fourth-order valence-corrected chi connectivity index (χ4v) is 4.22. The summed E-state index contributed by atoms with van der Waals surface area (Å²) in [6.45, 7) is 8.62. The molecule has 1 aromatic carbocycles. The van der Waals surface area contributed by atoms with E-state index in [9.17, 15) is 4.57 Å². The third kappa shape index (κ3) is 9.87. The van der Waals surface area contributed by atoms with Crippen molar-refractivity contribution in [2.75, 3.05) is 13.1 Å². The smallest absolute Gasteiger partial charge is 0.324 e. The van der Waals surface area contributed by atoms with E-state index in [1.807, 2.05) is 19.1 Å². The predicted molar refractivity (Wildman–Crippen MR) is 111 cm³/mol. The quantitative estimate of drug-likeness (QED) is 0.436. The van der Waals surface area contributed by atoms with Crippen LogP contribution in [0.5, 0.6) is 0 Å². The van der Waals surface area contributed by atoms with E-state index in [4.69, 9.17) is 9.79 Å². The van der Waals surface area contributed by atoms with Crippen LogP contribution in [0.25, 0.3) is 0 Å². The maximum Gasteiger partial charge on any atom is 0.329 e. The Morgan fingerprint density at radius 2 is 1.69 bits per heavy atom. The van der Waals surface area contributed by atoms with Crippen LogP contribution in [0.1, 0.15) is 76.3 Å². The van der Waals surface area contributed by atoms with Crippen molar-refractivity contribution in [1.82, 2.24) is 4.90 Å². The number of unbranched alkanes of at least 4 members (excludes halogenated alkanes) is 6. The molecule has 5 heteroatoms. The van der Waals surface area contributed by atoms with Gasteiger partial charge in [-0.3, -0.25) is 9.46 Å². The van der Waals surface area contributed by atoms with Crippen LogP contribution in [0.3, 0.4) is 0 Å². The molecule has 150 valence electrons. The van der Waals surface area contributed by atoms with Crippen LogP contribution in [-0.2, 0) is 11.1 Å². The molecule has 1 atom stereocenters. The van der Waals surface area contributed by atoms with E-state index in [1.54, 1.807) is 0 Å². The van der Waals surface area contributed by atoms with Gasteiger partial charge in [-0.2, -0.15) is 0 Å². The van der Waals surface area contributed by atoms with Gasteiger partial charge in [-0.15, -0.1) is 0 Å². The summed E-state index contributed by atoms with van der Waals surface area (Å²) in [6, 6.07) is 8.23. The lowest BCUT2D eigenvalue weighted by molar-refractivity contribution is 0.319. The lowest BCUT2D eigenvalue weighted by Gasteiger charge is -2.16. The van der Waals surface area contributed by atoms with Crippen molar-refractivity contribution in [3.63, 3.8) is 0 Å². The van der Waals surface area contributed by atoms with E-state index in [2.05, 4.69) is 30.9 Å². The third-order valence-electron chi connectivity index (χ3n) is 4.92. The second kappa shape index (κ2) is 12.7. The van der Waals surface area contributed by atoms with Crippen LogP contribution in [0.2, 0.25) is 0 Å². The first kappa shape index (κ1) is 23.4. The van der Waals surface area contributed by atoms with Crippen molar-refractivity contribution in [2.24, 2.45) is 0 Å². The molecular weight excluding hydrogens is 345 g/mol. The average Bonchev–Trinajstić information content (AvgIpc) is 3.04. The summed E-state index contributed by atoms with van der Waals surface area (Å²) in [7, 11) is -3.91. The van der Waals surface area contributed by atoms with Gasteiger partial charge in [0.2, 0.25) is 0 Å². The van der Waals surface area contributed by atoms with Gasteiger partial charge in [0, 0.05) is 13.1 Å². The highest BCUT2D eigenvalue weighted by Gasteiger charge is 2.35. The third-order valence-corrected chi connectivity index (χ3v) is 6.29. The second-order valence-corrected chi connectivity index (χ2v) is 9.43. The Bertz CT molecular complexity index is 538. The Labute approximate surface area is 160 Å². The van der Waals surface area contributed by atoms with Crippen molar-refractivity contribution in [1.29, 1.82) is 0 Å². The molecule has 1 aromatic rings. The Hall–Kier alpha value is -0.670. The fourth-order valence-electron chi connectivity index (χ4n) is 3.33. The maximum absolute atomic E-state index is 11.2. The number of rotatable bonds is 9. The Morgan fingerprint density at radius 3 is 2.19 bits per heavy atom. The van der Waals surface area contributed by atoms with Gasteiger partial charge < -0.3 is 9.79 Å². The van der Waals surface area contributed by atoms with E-state index in [-0.39, 0.29) is 0 Å². The molecule has 0 aromatic heterocycles. The molecule has 4 nitrogen and oxygen atoms in total. The lowest BCUT2D eigenvalue weighted by Crippen LogP contribution is -2.21. The van der Waals surface area contributed by atoms with Gasteiger partial charge in [0.1, 0.15) is 0 Å². The van der Waals surface area contributed by atoms with Gasteiger partial charge in [-0.25, -0.2) is 0 Å². The van der Waals surface area contributed by atoms with Crippen LogP contribution in [0, 0.1) is 6.92 Å². The zero-order chi connectivity index (χ0) is 19.4. The second-order valence-electron chi connectivity index (χ2n) is 7.52. The molecule has 2 rings (SSSR count). The number of hydrogen-bond donors (Lipinski definition) is 2. The number of hydrogen-bond acceptors (Lipinski definition) is 2. The molecule has 0 bridgehead atoms. The molecule has 0 spiro atoms. The van der Waals surface area contributed by atoms with Gasteiger partial charge in [0.05, 0.1) is 5.66 Å². The molecular formula is C21H38NO3P. The average molecular weight is 384 g/mol. The minimum absolute atomic E-state index is 0.479. The molecule has 2 N–H and O–H groups in total. The molecule has 1 fully saturated rings. The number of benzene rings is 1. The van der Waals surface area contributed by atoms with E-state index in [0.29, 0.717) is 13.0 Å². The molecule has 0 saturated carbocycles. The van der Waals surface area contributed by atoms with E-state index >= 15 is 0 Å². The van der Waals surface area contributed by atoms with Gasteiger partial charge in [-0.1, -0.05) is 88.6 Å². The molecule has 26 heavy (non-hydrogen) atoms. The monoisotopic (exact) mass is 383 g/mol. The van der Waals surface area contributed by atoms with Crippen LogP contribution in [-0.4, -0.2) is 33.4 Å². The van der Waals surface area contributed by atoms with Crippen molar-refractivity contribution in [3.05, 3.63) is 35.4 Å². The van der Waals surface area contributed by atoms with E-state index in [0.717, 1.165) is 13.1 Å². The van der Waals surface area contributed by atoms with Gasteiger partial charge >= 0.3 is 7.60 Å². The lowest BCUT2D eigenvalue weighted by atomic mass is 10.1. The van der Waals surface area contributed by atoms with Crippen molar-refractivity contribution >= 4 is 7.60 Å². The Morgan fingerprint density at radius 1 is 1.08 bits per heavy atom. The minimum Gasteiger partial charge on any atom is -0.324 e. The number of aryl methyl sites for hydroxylation is 1. The van der Waals surface area contributed by atoms with Gasteiger partial charge in [0.25, 0.3) is 0 Å². The first-order valence-corrected chi connectivity index (χ1v) is 11.9. The molecule has 0 amide bonds. The standard InChI is InChI=1S/C12H18NO3P.C9H20/c1-10-3-2-4-11(7-10)8-13-6-5-12(9-13)17(14,15)16;1-3-5-7-9-8-6-4-2/h2-4,7,12H,5-6,8-9H2,1H3,(H2,14,15,16);3-9H2,1-2H3. The zero-order valence-electron chi connectivity index (χ0n) is 16.9. The molecule has 1 unspecified atom stereocenters. The largest absolute Gasteiger partial charge is 0.329 e. The summed E-state index contributed by atoms with van der Waals surface area (Å²) in [5, 5.41) is 0. The minimum atomic E-state index is -3.91. The first-order valence-electron chi connectivity index (χ1n) is 10.2. The first-order chi connectivity index (χ1) is 12.4. The van der Waals surface area contributed by atoms with Crippen molar-refractivity contribution in [2.45, 2.75) is 84.3 Å². The topological polar surface area (TPSA) is 60.8 Å². The highest BCUT2D eigenvalue weighted by Crippen LogP contribution is 2.45. The Balaban J connectivity index is 0.000000321.